The number of urea groups is 1. The number of anilines is 1. The van der Waals surface area contributed by atoms with Crippen LogP contribution in [0, 0.1) is 6.92 Å². The van der Waals surface area contributed by atoms with Crippen LogP contribution in [0.25, 0.3) is 0 Å². The van der Waals surface area contributed by atoms with Crippen LogP contribution in [-0.2, 0) is 20.9 Å². The molecule has 1 spiro atoms. The number of nitrogens with one attached hydrogen (secondary N) is 3. The molecule has 0 unspecified atom stereocenters. The fraction of sp³-hybridized carbons (Fsp3) is 0.517. The molecule has 216 valence electrons. The fourth-order valence-corrected chi connectivity index (χ4v) is 6.10. The van der Waals surface area contributed by atoms with Gasteiger partial charge in [0.1, 0.15) is 18.2 Å². The van der Waals surface area contributed by atoms with E-state index in [-0.39, 0.29) is 24.5 Å². The number of unbranched alkanes of at least 4 members (excludes halogenated alkanes) is 1. The molecule has 1 atom stereocenters. The van der Waals surface area contributed by atoms with Gasteiger partial charge in [-0.1, -0.05) is 37.3 Å². The molecule has 2 aromatic rings. The quantitative estimate of drug-likeness (QED) is 0.370. The van der Waals surface area contributed by atoms with E-state index in [1.54, 1.807) is 9.80 Å². The van der Waals surface area contributed by atoms with E-state index in [2.05, 4.69) is 16.0 Å². The normalized spacial score (nSPS) is 18.4. The van der Waals surface area contributed by atoms with Gasteiger partial charge in [-0.05, 0) is 68.0 Å². The number of hydrogen-bond donors (Lipinski definition) is 3. The third-order valence-corrected chi connectivity index (χ3v) is 8.46. The largest absolute Gasteiger partial charge is 0.445 e. The van der Waals surface area contributed by atoms with Gasteiger partial charge in [-0.3, -0.25) is 14.9 Å². The van der Waals surface area contributed by atoms with Crippen LogP contribution < -0.4 is 16.0 Å². The average Bonchev–Trinajstić information content (AvgIpc) is 3.37. The number of benzene rings is 1. The zero-order valence-corrected chi connectivity index (χ0v) is 24.1. The first-order valence-corrected chi connectivity index (χ1v) is 14.9. The minimum Gasteiger partial charge on any atom is -0.445 e. The Kier molecular flexibility index (Phi) is 10.0. The first kappa shape index (κ1) is 29.4. The van der Waals surface area contributed by atoms with Crippen molar-refractivity contribution in [2.24, 2.45) is 0 Å². The van der Waals surface area contributed by atoms with Crippen molar-refractivity contribution in [1.82, 2.24) is 20.4 Å². The van der Waals surface area contributed by atoms with Gasteiger partial charge in [0.05, 0.1) is 5.00 Å². The van der Waals surface area contributed by atoms with E-state index in [9.17, 15) is 19.2 Å². The number of piperazine rings is 1. The summed E-state index contributed by atoms with van der Waals surface area (Å²) in [5.41, 5.74) is 1.09. The van der Waals surface area contributed by atoms with Crippen molar-refractivity contribution in [3.05, 3.63) is 52.9 Å². The predicted molar refractivity (Wildman–Crippen MR) is 154 cm³/mol. The van der Waals surface area contributed by atoms with E-state index >= 15 is 0 Å². The maximum absolute atomic E-state index is 13.5. The molecule has 0 radical (unpaired) electrons. The van der Waals surface area contributed by atoms with Gasteiger partial charge in [-0.2, -0.15) is 0 Å². The SMILES string of the molecule is CCCN1C(=O)[C@H](CCCCNC(=O)OCc2ccccc2)NC(=O)C12CCN(C(=O)Nc1cc(C)cs1)CC2. The second-order valence-electron chi connectivity index (χ2n) is 10.4. The van der Waals surface area contributed by atoms with Crippen molar-refractivity contribution in [3.8, 4) is 0 Å². The topological polar surface area (TPSA) is 120 Å². The lowest BCUT2D eigenvalue weighted by Gasteiger charge is -2.51. The van der Waals surface area contributed by atoms with Gasteiger partial charge in [0.2, 0.25) is 11.8 Å². The summed E-state index contributed by atoms with van der Waals surface area (Å²) in [4.78, 5) is 55.2. The van der Waals surface area contributed by atoms with Crippen molar-refractivity contribution in [2.45, 2.75) is 70.6 Å². The second-order valence-corrected chi connectivity index (χ2v) is 11.3. The van der Waals surface area contributed by atoms with E-state index in [0.717, 1.165) is 22.5 Å². The Hall–Kier alpha value is -3.60. The molecule has 3 heterocycles. The number of hydrogen-bond acceptors (Lipinski definition) is 6. The number of carbonyl (C=O) groups excluding carboxylic acids is 4. The highest BCUT2D eigenvalue weighted by Gasteiger charge is 2.53. The highest BCUT2D eigenvalue weighted by atomic mass is 32.1. The van der Waals surface area contributed by atoms with Crippen molar-refractivity contribution in [3.63, 3.8) is 0 Å². The molecule has 0 bridgehead atoms. The lowest BCUT2D eigenvalue weighted by Crippen LogP contribution is -2.73. The van der Waals surface area contributed by atoms with E-state index in [4.69, 9.17) is 4.74 Å². The molecule has 0 aliphatic carbocycles. The Morgan fingerprint density at radius 3 is 2.58 bits per heavy atom. The number of likely N-dealkylation sites (tertiary alicyclic amines) is 1. The van der Waals surface area contributed by atoms with Crippen LogP contribution in [0.15, 0.2) is 41.8 Å². The monoisotopic (exact) mass is 569 g/mol. The van der Waals surface area contributed by atoms with Crippen LogP contribution in [0.5, 0.6) is 0 Å². The highest BCUT2D eigenvalue weighted by Crippen LogP contribution is 2.34. The molecule has 4 rings (SSSR count). The standard InChI is InChI=1S/C29H39N5O5S/c1-3-15-34-25(35)23(11-7-8-14-30-28(38)39-19-22-9-5-4-6-10-22)31-26(36)29(34)12-16-33(17-13-29)27(37)32-24-18-21(2)20-40-24/h4-6,9-10,18,20,23H,3,7-8,11-17,19H2,1-2H3,(H,30,38)(H,31,36)(H,32,37)/t23-/m0/s1. The van der Waals surface area contributed by atoms with Crippen molar-refractivity contribution in [1.29, 1.82) is 0 Å². The van der Waals surface area contributed by atoms with Crippen LogP contribution in [0.2, 0.25) is 0 Å². The minimum absolute atomic E-state index is 0.0661. The molecule has 1 aromatic carbocycles. The van der Waals surface area contributed by atoms with Gasteiger partial charge in [-0.15, -0.1) is 11.3 Å². The zero-order chi connectivity index (χ0) is 28.5. The maximum Gasteiger partial charge on any atom is 0.407 e. The molecule has 40 heavy (non-hydrogen) atoms. The molecule has 2 fully saturated rings. The smallest absolute Gasteiger partial charge is 0.407 e. The lowest BCUT2D eigenvalue weighted by atomic mass is 9.81. The molecular weight excluding hydrogens is 530 g/mol. The van der Waals surface area contributed by atoms with Crippen molar-refractivity contribution >= 4 is 40.3 Å². The number of piperidine rings is 1. The summed E-state index contributed by atoms with van der Waals surface area (Å²) in [6.07, 6.45) is 2.89. The summed E-state index contributed by atoms with van der Waals surface area (Å²) in [6.45, 7) is 5.90. The third kappa shape index (κ3) is 7.12. The van der Waals surface area contributed by atoms with Gasteiger partial charge in [0.25, 0.3) is 0 Å². The number of ether oxygens (including phenoxy) is 1. The summed E-state index contributed by atoms with van der Waals surface area (Å²) >= 11 is 1.48. The number of aryl methyl sites for hydroxylation is 1. The van der Waals surface area contributed by atoms with Crippen molar-refractivity contribution in [2.75, 3.05) is 31.5 Å². The Labute approximate surface area is 239 Å². The number of carbonyl (C=O) groups is 4. The molecule has 2 aliphatic heterocycles. The number of amides is 5. The molecule has 2 aliphatic rings. The van der Waals surface area contributed by atoms with Gasteiger partial charge in [0, 0.05) is 26.2 Å². The Balaban J connectivity index is 1.23. The Morgan fingerprint density at radius 2 is 1.90 bits per heavy atom. The third-order valence-electron chi connectivity index (χ3n) is 7.50. The number of rotatable bonds is 10. The second kappa shape index (κ2) is 13.6. The summed E-state index contributed by atoms with van der Waals surface area (Å²) in [6, 6.07) is 10.6. The lowest BCUT2D eigenvalue weighted by molar-refractivity contribution is -0.160. The van der Waals surface area contributed by atoms with Gasteiger partial charge in [0.15, 0.2) is 0 Å². The summed E-state index contributed by atoms with van der Waals surface area (Å²) in [5.74, 6) is -0.203. The molecule has 10 nitrogen and oxygen atoms in total. The van der Waals surface area contributed by atoms with Gasteiger partial charge >= 0.3 is 12.1 Å². The summed E-state index contributed by atoms with van der Waals surface area (Å²) < 4.78 is 5.22. The predicted octanol–water partition coefficient (Wildman–Crippen LogP) is 4.26. The molecular formula is C29H39N5O5S. The summed E-state index contributed by atoms with van der Waals surface area (Å²) in [5, 5.41) is 11.4. The average molecular weight is 570 g/mol. The Morgan fingerprint density at radius 1 is 1.15 bits per heavy atom. The van der Waals surface area contributed by atoms with Crippen LogP contribution >= 0.6 is 11.3 Å². The molecule has 3 N–H and O–H groups in total. The maximum atomic E-state index is 13.5. The minimum atomic E-state index is -0.927. The van der Waals surface area contributed by atoms with Crippen LogP contribution in [0.3, 0.4) is 0 Å². The van der Waals surface area contributed by atoms with E-state index in [0.29, 0.717) is 58.3 Å². The van der Waals surface area contributed by atoms with Gasteiger partial charge < -0.3 is 25.2 Å². The van der Waals surface area contributed by atoms with E-state index < -0.39 is 17.7 Å². The molecule has 1 aromatic heterocycles. The van der Waals surface area contributed by atoms with Crippen LogP contribution in [-0.4, -0.2) is 71.5 Å². The number of alkyl carbamates (subject to hydrolysis) is 1. The van der Waals surface area contributed by atoms with E-state index in [1.165, 1.54) is 11.3 Å². The number of nitrogens with zero attached hydrogens (tertiary/aromatic N) is 2. The molecule has 11 heteroatoms. The zero-order valence-electron chi connectivity index (χ0n) is 23.2. The Bertz CT molecular complexity index is 1180. The summed E-state index contributed by atoms with van der Waals surface area (Å²) in [7, 11) is 0. The number of thiophene rings is 1. The first-order valence-electron chi connectivity index (χ1n) is 14.0. The fourth-order valence-electron chi connectivity index (χ4n) is 5.32. The molecule has 0 saturated carbocycles. The first-order chi connectivity index (χ1) is 19.3. The van der Waals surface area contributed by atoms with Crippen LogP contribution in [0.4, 0.5) is 14.6 Å². The van der Waals surface area contributed by atoms with Gasteiger partial charge in [-0.25, -0.2) is 9.59 Å². The van der Waals surface area contributed by atoms with E-state index in [1.807, 2.05) is 55.6 Å². The molecule has 2 saturated heterocycles. The van der Waals surface area contributed by atoms with Crippen LogP contribution in [0.1, 0.15) is 56.6 Å². The van der Waals surface area contributed by atoms with Crippen molar-refractivity contribution < 1.29 is 23.9 Å². The molecule has 5 amide bonds. The highest BCUT2D eigenvalue weighted by molar-refractivity contribution is 7.14.